The minimum Gasteiger partial charge on any atom is -0.386 e. The van der Waals surface area contributed by atoms with Gasteiger partial charge in [-0.1, -0.05) is 44.2 Å². The molecule has 1 aromatic heterocycles. The van der Waals surface area contributed by atoms with E-state index in [0.29, 0.717) is 19.0 Å². The summed E-state index contributed by atoms with van der Waals surface area (Å²) in [6.07, 6.45) is -0.607. The number of hydrogen-bond donors (Lipinski definition) is 4. The monoisotopic (exact) mass is 424 g/mol. The van der Waals surface area contributed by atoms with Crippen LogP contribution in [-0.2, 0) is 11.3 Å². The number of carbonyl (C=O) groups excluding carboxylic acids is 1. The molecule has 1 amide bonds. The Bertz CT molecular complexity index is 978. The van der Waals surface area contributed by atoms with Crippen molar-refractivity contribution in [3.8, 4) is 0 Å². The molecule has 1 atom stereocenters. The van der Waals surface area contributed by atoms with Crippen LogP contribution >= 0.6 is 11.3 Å². The zero-order chi connectivity index (χ0) is 21.5. The summed E-state index contributed by atoms with van der Waals surface area (Å²) in [7, 11) is 1.70. The lowest BCUT2D eigenvalue weighted by atomic mass is 10.1. The summed E-state index contributed by atoms with van der Waals surface area (Å²) in [5.41, 5.74) is 1.84. The van der Waals surface area contributed by atoms with Crippen molar-refractivity contribution in [3.05, 3.63) is 65.0 Å². The summed E-state index contributed by atoms with van der Waals surface area (Å²) >= 11 is 1.60. The molecule has 0 bridgehead atoms. The number of benzene rings is 2. The Morgan fingerprint density at radius 3 is 2.50 bits per heavy atom. The molecule has 1 heterocycles. The summed E-state index contributed by atoms with van der Waals surface area (Å²) < 4.78 is 1.17. The molecular formula is C23H28N4O2S. The number of nitrogens with zero attached hydrogens (tertiary/aromatic N) is 1. The Balaban J connectivity index is 1.49. The van der Waals surface area contributed by atoms with Gasteiger partial charge in [-0.15, -0.1) is 11.3 Å². The summed E-state index contributed by atoms with van der Waals surface area (Å²) in [5, 5.41) is 21.0. The van der Waals surface area contributed by atoms with Crippen molar-refractivity contribution >= 4 is 39.0 Å². The molecule has 0 saturated heterocycles. The summed E-state index contributed by atoms with van der Waals surface area (Å²) in [6, 6.07) is 17.8. The first-order valence-corrected chi connectivity index (χ1v) is 10.8. The lowest BCUT2D eigenvalue weighted by Gasteiger charge is -2.15. The first-order chi connectivity index (χ1) is 14.5. The molecule has 4 N–H and O–H groups in total. The molecule has 6 nitrogen and oxygen atoms in total. The Labute approximate surface area is 181 Å². The number of amides is 1. The van der Waals surface area contributed by atoms with Gasteiger partial charge >= 0.3 is 0 Å². The third-order valence-electron chi connectivity index (χ3n) is 4.67. The van der Waals surface area contributed by atoms with E-state index < -0.39 is 6.10 Å². The normalized spacial score (nSPS) is 12.8. The molecule has 0 aliphatic rings. The van der Waals surface area contributed by atoms with E-state index in [4.69, 9.17) is 0 Å². The average molecular weight is 425 g/mol. The number of hydrogen-bond acceptors (Lipinski definition) is 4. The van der Waals surface area contributed by atoms with Crippen molar-refractivity contribution in [2.45, 2.75) is 26.5 Å². The fraction of sp³-hybridized carbons (Fsp3) is 0.304. The first kappa shape index (κ1) is 21.8. The second-order valence-electron chi connectivity index (χ2n) is 7.35. The highest BCUT2D eigenvalue weighted by Crippen LogP contribution is 2.29. The Kier molecular flexibility index (Phi) is 7.43. The fourth-order valence-electron chi connectivity index (χ4n) is 2.86. The van der Waals surface area contributed by atoms with Crippen LogP contribution in [0.3, 0.4) is 0 Å². The van der Waals surface area contributed by atoms with Crippen LogP contribution in [0.15, 0.2) is 59.6 Å². The van der Waals surface area contributed by atoms with Crippen LogP contribution in [0.4, 0.5) is 5.69 Å². The van der Waals surface area contributed by atoms with E-state index in [1.54, 1.807) is 18.4 Å². The zero-order valence-corrected chi connectivity index (χ0v) is 18.3. The van der Waals surface area contributed by atoms with Crippen molar-refractivity contribution in [1.82, 2.24) is 10.6 Å². The van der Waals surface area contributed by atoms with Crippen molar-refractivity contribution < 1.29 is 9.90 Å². The Morgan fingerprint density at radius 2 is 1.83 bits per heavy atom. The third kappa shape index (κ3) is 5.81. The van der Waals surface area contributed by atoms with E-state index in [0.717, 1.165) is 21.5 Å². The van der Waals surface area contributed by atoms with Crippen molar-refractivity contribution in [3.63, 3.8) is 0 Å². The number of carbonyl (C=O) groups is 1. The second kappa shape index (κ2) is 10.2. The van der Waals surface area contributed by atoms with Crippen LogP contribution in [-0.4, -0.2) is 30.6 Å². The number of thiophene rings is 1. The molecule has 30 heavy (non-hydrogen) atoms. The maximum absolute atomic E-state index is 11.8. The molecule has 158 valence electrons. The Hall–Kier alpha value is -2.90. The number of rotatable bonds is 7. The van der Waals surface area contributed by atoms with Gasteiger partial charge in [-0.2, -0.15) is 0 Å². The highest BCUT2D eigenvalue weighted by molar-refractivity contribution is 7.19. The van der Waals surface area contributed by atoms with E-state index in [-0.39, 0.29) is 11.8 Å². The zero-order valence-electron chi connectivity index (χ0n) is 17.5. The third-order valence-corrected chi connectivity index (χ3v) is 5.88. The number of aliphatic hydroxyl groups is 1. The predicted octanol–water partition coefficient (Wildman–Crippen LogP) is 3.89. The first-order valence-electron chi connectivity index (χ1n) is 9.97. The molecule has 0 aliphatic heterocycles. The molecule has 0 aliphatic carbocycles. The van der Waals surface area contributed by atoms with Crippen molar-refractivity contribution in [1.29, 1.82) is 0 Å². The molecule has 0 saturated carbocycles. The lowest BCUT2D eigenvalue weighted by Crippen LogP contribution is -2.38. The van der Waals surface area contributed by atoms with Gasteiger partial charge in [0.25, 0.3) is 0 Å². The van der Waals surface area contributed by atoms with Crippen LogP contribution in [0.1, 0.15) is 30.4 Å². The van der Waals surface area contributed by atoms with Gasteiger partial charge in [0.2, 0.25) is 5.91 Å². The summed E-state index contributed by atoms with van der Waals surface area (Å²) in [6.45, 7) is 4.68. The van der Waals surface area contributed by atoms with Gasteiger partial charge in [-0.05, 0) is 35.2 Å². The maximum atomic E-state index is 11.8. The number of anilines is 1. The number of guanidine groups is 1. The topological polar surface area (TPSA) is 85.8 Å². The van der Waals surface area contributed by atoms with Crippen LogP contribution < -0.4 is 16.0 Å². The van der Waals surface area contributed by atoms with Crippen molar-refractivity contribution in [2.24, 2.45) is 10.9 Å². The van der Waals surface area contributed by atoms with E-state index in [9.17, 15) is 9.90 Å². The van der Waals surface area contributed by atoms with E-state index in [2.05, 4.69) is 33.1 Å². The molecule has 0 spiro atoms. The quantitative estimate of drug-likeness (QED) is 0.342. The minimum atomic E-state index is -0.607. The number of nitrogens with one attached hydrogen (secondary N) is 3. The van der Waals surface area contributed by atoms with E-state index >= 15 is 0 Å². The molecule has 3 rings (SSSR count). The molecule has 3 aromatic rings. The van der Waals surface area contributed by atoms with Crippen LogP contribution in [0.5, 0.6) is 0 Å². The molecule has 0 fully saturated rings. The second-order valence-corrected chi connectivity index (χ2v) is 8.47. The SMILES string of the molecule is CN=C(NCc1ccc(NC(=O)C(C)C)cc1)NCC(O)c1cc2ccccc2s1. The molecular weight excluding hydrogens is 396 g/mol. The van der Waals surface area contributed by atoms with Gasteiger partial charge in [0, 0.05) is 41.3 Å². The lowest BCUT2D eigenvalue weighted by molar-refractivity contribution is -0.118. The van der Waals surface area contributed by atoms with Crippen molar-refractivity contribution in [2.75, 3.05) is 18.9 Å². The van der Waals surface area contributed by atoms with Crippen LogP contribution in [0, 0.1) is 5.92 Å². The fourth-order valence-corrected chi connectivity index (χ4v) is 3.91. The predicted molar refractivity (Wildman–Crippen MR) is 125 cm³/mol. The van der Waals surface area contributed by atoms with Crippen LogP contribution in [0.2, 0.25) is 0 Å². The number of fused-ring (bicyclic) bond motifs is 1. The van der Waals surface area contributed by atoms with Gasteiger partial charge in [0.15, 0.2) is 5.96 Å². The maximum Gasteiger partial charge on any atom is 0.226 e. The van der Waals surface area contributed by atoms with E-state index in [1.165, 1.54) is 4.70 Å². The highest BCUT2D eigenvalue weighted by atomic mass is 32.1. The summed E-state index contributed by atoms with van der Waals surface area (Å²) in [5.74, 6) is 0.568. The van der Waals surface area contributed by atoms with Gasteiger partial charge < -0.3 is 21.1 Å². The number of aliphatic hydroxyl groups excluding tert-OH is 1. The highest BCUT2D eigenvalue weighted by Gasteiger charge is 2.12. The molecule has 7 heteroatoms. The average Bonchev–Trinajstić information content (AvgIpc) is 3.19. The standard InChI is InChI=1S/C23H28N4O2S/c1-15(2)22(29)27-18-10-8-16(9-11-18)13-25-23(24-3)26-14-19(28)21-12-17-6-4-5-7-20(17)30-21/h4-12,15,19,28H,13-14H2,1-3H3,(H,27,29)(H2,24,25,26). The van der Waals surface area contributed by atoms with Gasteiger partial charge in [0.1, 0.15) is 6.10 Å². The summed E-state index contributed by atoms with van der Waals surface area (Å²) in [4.78, 5) is 16.9. The van der Waals surface area contributed by atoms with Gasteiger partial charge in [0.05, 0.1) is 0 Å². The smallest absolute Gasteiger partial charge is 0.226 e. The Morgan fingerprint density at radius 1 is 1.10 bits per heavy atom. The minimum absolute atomic E-state index is 0.00247. The molecule has 1 unspecified atom stereocenters. The largest absolute Gasteiger partial charge is 0.386 e. The number of aliphatic imine (C=N–C) groups is 1. The molecule has 2 aromatic carbocycles. The van der Waals surface area contributed by atoms with E-state index in [1.807, 2.05) is 56.3 Å². The van der Waals surface area contributed by atoms with Gasteiger partial charge in [-0.25, -0.2) is 0 Å². The molecule has 0 radical (unpaired) electrons. The van der Waals surface area contributed by atoms with Gasteiger partial charge in [-0.3, -0.25) is 9.79 Å². The van der Waals surface area contributed by atoms with Crippen LogP contribution in [0.25, 0.3) is 10.1 Å².